The van der Waals surface area contributed by atoms with Crippen molar-refractivity contribution in [1.29, 1.82) is 0 Å². The van der Waals surface area contributed by atoms with E-state index in [4.69, 9.17) is 11.6 Å². The zero-order valence-corrected chi connectivity index (χ0v) is 10.1. The highest BCUT2D eigenvalue weighted by atomic mass is 35.5. The Morgan fingerprint density at radius 1 is 1.31 bits per heavy atom. The Labute approximate surface area is 101 Å². The van der Waals surface area contributed by atoms with Gasteiger partial charge in [-0.15, -0.1) is 11.6 Å². The molecule has 0 aliphatic carbocycles. The largest absolute Gasteiger partial charge is 0.241 e. The molecule has 16 heavy (non-hydrogen) atoms. The molecule has 0 aliphatic heterocycles. The average molecular weight is 235 g/mol. The third kappa shape index (κ3) is 2.86. The molecule has 0 aliphatic rings. The van der Waals surface area contributed by atoms with Crippen molar-refractivity contribution < 1.29 is 0 Å². The topological polar surface area (TPSA) is 17.8 Å². The van der Waals surface area contributed by atoms with Gasteiger partial charge in [-0.1, -0.05) is 12.1 Å². The third-order valence-corrected chi connectivity index (χ3v) is 2.75. The maximum Gasteiger partial charge on any atom is 0.0645 e. The van der Waals surface area contributed by atoms with Crippen LogP contribution in [-0.4, -0.2) is 15.2 Å². The molecule has 1 aromatic heterocycles. The highest BCUT2D eigenvalue weighted by molar-refractivity contribution is 6.20. The Balaban J connectivity index is 2.05. The van der Waals surface area contributed by atoms with Crippen molar-refractivity contribution in [3.05, 3.63) is 48.3 Å². The highest BCUT2D eigenvalue weighted by Crippen LogP contribution is 2.12. The van der Waals surface area contributed by atoms with Gasteiger partial charge in [0.15, 0.2) is 0 Å². The summed E-state index contributed by atoms with van der Waals surface area (Å²) in [5.74, 6) is 0. The number of rotatable bonds is 4. The van der Waals surface area contributed by atoms with E-state index in [0.717, 1.165) is 18.5 Å². The first kappa shape index (κ1) is 11.2. The van der Waals surface area contributed by atoms with Gasteiger partial charge in [0.05, 0.1) is 5.69 Å². The summed E-state index contributed by atoms with van der Waals surface area (Å²) in [6.45, 7) is 2.03. The minimum Gasteiger partial charge on any atom is -0.241 e. The van der Waals surface area contributed by atoms with E-state index in [0.29, 0.717) is 0 Å². The van der Waals surface area contributed by atoms with Crippen LogP contribution in [0.5, 0.6) is 0 Å². The van der Waals surface area contributed by atoms with E-state index >= 15 is 0 Å². The summed E-state index contributed by atoms with van der Waals surface area (Å²) in [5.41, 5.74) is 2.41. The molecule has 0 fully saturated rings. The number of aromatic nitrogens is 2. The van der Waals surface area contributed by atoms with Crippen LogP contribution >= 0.6 is 11.6 Å². The van der Waals surface area contributed by atoms with Crippen molar-refractivity contribution in [3.8, 4) is 5.69 Å². The molecule has 0 amide bonds. The summed E-state index contributed by atoms with van der Waals surface area (Å²) >= 11 is 5.93. The van der Waals surface area contributed by atoms with Crippen LogP contribution in [-0.2, 0) is 6.42 Å². The smallest absolute Gasteiger partial charge is 0.0645 e. The SMILES string of the molecule is CC(Cl)CCc1ccc(-n2cccn2)cc1. The molecular formula is C13H15ClN2. The highest BCUT2D eigenvalue weighted by Gasteiger charge is 1.99. The molecule has 1 unspecified atom stereocenters. The van der Waals surface area contributed by atoms with E-state index in [9.17, 15) is 0 Å². The number of hydrogen-bond donors (Lipinski definition) is 0. The van der Waals surface area contributed by atoms with Gasteiger partial charge >= 0.3 is 0 Å². The molecule has 0 saturated heterocycles. The Morgan fingerprint density at radius 3 is 2.62 bits per heavy atom. The van der Waals surface area contributed by atoms with Crippen LogP contribution in [0.2, 0.25) is 0 Å². The monoisotopic (exact) mass is 234 g/mol. The summed E-state index contributed by atoms with van der Waals surface area (Å²) < 4.78 is 1.86. The number of halogens is 1. The molecule has 0 spiro atoms. The minimum atomic E-state index is 0.241. The van der Waals surface area contributed by atoms with Crippen LogP contribution in [0.4, 0.5) is 0 Å². The number of benzene rings is 1. The first-order chi connectivity index (χ1) is 7.75. The van der Waals surface area contributed by atoms with E-state index in [2.05, 4.69) is 29.4 Å². The van der Waals surface area contributed by atoms with Gasteiger partial charge in [0.2, 0.25) is 0 Å². The van der Waals surface area contributed by atoms with Crippen LogP contribution in [0.15, 0.2) is 42.7 Å². The van der Waals surface area contributed by atoms with Gasteiger partial charge in [-0.2, -0.15) is 5.10 Å². The molecule has 2 nitrogen and oxygen atoms in total. The quantitative estimate of drug-likeness (QED) is 0.742. The number of hydrogen-bond acceptors (Lipinski definition) is 1. The number of alkyl halides is 1. The molecule has 1 heterocycles. The van der Waals surface area contributed by atoms with Crippen LogP contribution in [0.3, 0.4) is 0 Å². The Morgan fingerprint density at radius 2 is 2.06 bits per heavy atom. The third-order valence-electron chi connectivity index (χ3n) is 2.54. The van der Waals surface area contributed by atoms with Crippen molar-refractivity contribution >= 4 is 11.6 Å². The van der Waals surface area contributed by atoms with Gasteiger partial charge in [0.25, 0.3) is 0 Å². The van der Waals surface area contributed by atoms with Crippen LogP contribution < -0.4 is 0 Å². The van der Waals surface area contributed by atoms with Gasteiger partial charge in [-0.3, -0.25) is 0 Å². The average Bonchev–Trinajstić information content (AvgIpc) is 2.80. The molecule has 2 aromatic rings. The second kappa shape index (κ2) is 5.17. The lowest BCUT2D eigenvalue weighted by Crippen LogP contribution is -1.97. The lowest BCUT2D eigenvalue weighted by atomic mass is 10.1. The van der Waals surface area contributed by atoms with Crippen molar-refractivity contribution in [2.24, 2.45) is 0 Å². The Bertz CT molecular complexity index is 418. The number of nitrogens with zero attached hydrogens (tertiary/aromatic N) is 2. The Kier molecular flexibility index (Phi) is 3.62. The summed E-state index contributed by atoms with van der Waals surface area (Å²) in [4.78, 5) is 0. The first-order valence-electron chi connectivity index (χ1n) is 5.49. The molecule has 1 atom stereocenters. The van der Waals surface area contributed by atoms with E-state index < -0.39 is 0 Å². The van der Waals surface area contributed by atoms with Gasteiger partial charge in [-0.25, -0.2) is 4.68 Å². The maximum atomic E-state index is 5.93. The summed E-state index contributed by atoms with van der Waals surface area (Å²) in [6.07, 6.45) is 5.77. The van der Waals surface area contributed by atoms with Crippen LogP contribution in [0.1, 0.15) is 18.9 Å². The van der Waals surface area contributed by atoms with Crippen LogP contribution in [0, 0.1) is 0 Å². The summed E-state index contributed by atoms with van der Waals surface area (Å²) in [6, 6.07) is 10.4. The fourth-order valence-electron chi connectivity index (χ4n) is 1.60. The second-order valence-corrected chi connectivity index (χ2v) is 4.68. The minimum absolute atomic E-state index is 0.241. The van der Waals surface area contributed by atoms with Gasteiger partial charge in [0.1, 0.15) is 0 Å². The van der Waals surface area contributed by atoms with E-state index in [1.165, 1.54) is 5.56 Å². The summed E-state index contributed by atoms with van der Waals surface area (Å²) in [7, 11) is 0. The predicted molar refractivity (Wildman–Crippen MR) is 67.2 cm³/mol. The lowest BCUT2D eigenvalue weighted by molar-refractivity contribution is 0.801. The lowest BCUT2D eigenvalue weighted by Gasteiger charge is -2.05. The molecule has 2 rings (SSSR count). The molecule has 0 bridgehead atoms. The van der Waals surface area contributed by atoms with Gasteiger partial charge < -0.3 is 0 Å². The normalized spacial score (nSPS) is 12.6. The van der Waals surface area contributed by atoms with Crippen molar-refractivity contribution in [1.82, 2.24) is 9.78 Å². The zero-order chi connectivity index (χ0) is 11.4. The number of aryl methyl sites for hydroxylation is 1. The van der Waals surface area contributed by atoms with Crippen molar-refractivity contribution in [2.45, 2.75) is 25.1 Å². The molecule has 0 saturated carbocycles. The second-order valence-electron chi connectivity index (χ2n) is 3.94. The molecular weight excluding hydrogens is 220 g/mol. The zero-order valence-electron chi connectivity index (χ0n) is 9.31. The molecule has 0 radical (unpaired) electrons. The van der Waals surface area contributed by atoms with Crippen molar-refractivity contribution in [3.63, 3.8) is 0 Å². The van der Waals surface area contributed by atoms with E-state index in [1.54, 1.807) is 6.20 Å². The van der Waals surface area contributed by atoms with Gasteiger partial charge in [0, 0.05) is 17.8 Å². The molecule has 1 aromatic carbocycles. The van der Waals surface area contributed by atoms with Gasteiger partial charge in [-0.05, 0) is 43.5 Å². The molecule has 0 N–H and O–H groups in total. The fourth-order valence-corrected chi connectivity index (χ4v) is 1.71. The first-order valence-corrected chi connectivity index (χ1v) is 5.92. The van der Waals surface area contributed by atoms with Crippen LogP contribution in [0.25, 0.3) is 5.69 Å². The van der Waals surface area contributed by atoms with Crippen molar-refractivity contribution in [2.75, 3.05) is 0 Å². The van der Waals surface area contributed by atoms with E-state index in [-0.39, 0.29) is 5.38 Å². The molecule has 3 heteroatoms. The standard InChI is InChI=1S/C13H15ClN2/c1-11(14)3-4-12-5-7-13(8-6-12)16-10-2-9-15-16/h2,5-11H,3-4H2,1H3. The Hall–Kier alpha value is -1.28. The maximum absolute atomic E-state index is 5.93. The fraction of sp³-hybridized carbons (Fsp3) is 0.308. The predicted octanol–water partition coefficient (Wildman–Crippen LogP) is 3.43. The molecule has 84 valence electrons. The van der Waals surface area contributed by atoms with E-state index in [1.807, 2.05) is 23.9 Å². The summed E-state index contributed by atoms with van der Waals surface area (Å²) in [5, 5.41) is 4.43.